The number of aryl methyl sites for hydroxylation is 1. The molecule has 0 N–H and O–H groups in total. The van der Waals surface area contributed by atoms with Crippen molar-refractivity contribution in [3.8, 4) is 5.75 Å². The summed E-state index contributed by atoms with van der Waals surface area (Å²) in [4.78, 5) is 0.364. The van der Waals surface area contributed by atoms with Crippen molar-refractivity contribution in [2.24, 2.45) is 11.3 Å². The molecular formula is C20H25F2NO4S. The standard InChI is InChI=1S/C20H25F2NO4S/c1-20(2)17(16-8-9-26-18(16)20)23(3)28(24,25)15-7-5-12-10-14(27-19(21)22)6-4-13(12)11-15/h4,6,10-11,16-19H,5,7-9H2,1-3H3/t16-,17-,18-/m1/s1. The Morgan fingerprint density at radius 1 is 1.29 bits per heavy atom. The van der Waals surface area contributed by atoms with E-state index >= 15 is 0 Å². The molecule has 0 amide bonds. The van der Waals surface area contributed by atoms with Gasteiger partial charge in [0, 0.05) is 31.0 Å². The highest BCUT2D eigenvalue weighted by Crippen LogP contribution is 2.55. The molecule has 0 bridgehead atoms. The third-order valence-electron chi connectivity index (χ3n) is 6.44. The lowest BCUT2D eigenvalue weighted by Crippen LogP contribution is -2.66. The average molecular weight is 413 g/mol. The summed E-state index contributed by atoms with van der Waals surface area (Å²) in [7, 11) is -1.96. The van der Waals surface area contributed by atoms with Crippen LogP contribution in [0.5, 0.6) is 5.75 Å². The van der Waals surface area contributed by atoms with Crippen LogP contribution in [0.3, 0.4) is 0 Å². The molecule has 1 aromatic rings. The van der Waals surface area contributed by atoms with Gasteiger partial charge in [-0.15, -0.1) is 0 Å². The van der Waals surface area contributed by atoms with Gasteiger partial charge in [-0.1, -0.05) is 19.9 Å². The Morgan fingerprint density at radius 3 is 2.75 bits per heavy atom. The summed E-state index contributed by atoms with van der Waals surface area (Å²) in [5.41, 5.74) is 1.32. The normalized spacial score (nSPS) is 28.5. The summed E-state index contributed by atoms with van der Waals surface area (Å²) in [6.07, 6.45) is 3.47. The Balaban J connectivity index is 1.59. The molecule has 1 heterocycles. The van der Waals surface area contributed by atoms with E-state index in [2.05, 4.69) is 18.6 Å². The first-order valence-corrected chi connectivity index (χ1v) is 10.9. The van der Waals surface area contributed by atoms with Crippen LogP contribution in [-0.2, 0) is 21.2 Å². The van der Waals surface area contributed by atoms with Crippen LogP contribution in [0.1, 0.15) is 37.8 Å². The monoisotopic (exact) mass is 413 g/mol. The van der Waals surface area contributed by atoms with Crippen LogP contribution in [0.2, 0.25) is 0 Å². The van der Waals surface area contributed by atoms with E-state index in [0.717, 1.165) is 17.5 Å². The molecule has 154 valence electrons. The highest BCUT2D eigenvalue weighted by atomic mass is 32.2. The number of nitrogens with zero attached hydrogens (tertiary/aromatic N) is 1. The number of allylic oxidation sites excluding steroid dienone is 1. The van der Waals surface area contributed by atoms with Crippen molar-refractivity contribution in [2.75, 3.05) is 13.7 Å². The fraction of sp³-hybridized carbons (Fsp3) is 0.600. The zero-order valence-electron chi connectivity index (χ0n) is 16.2. The quantitative estimate of drug-likeness (QED) is 0.740. The zero-order valence-corrected chi connectivity index (χ0v) is 17.0. The van der Waals surface area contributed by atoms with Crippen LogP contribution >= 0.6 is 0 Å². The molecule has 5 nitrogen and oxygen atoms in total. The van der Waals surface area contributed by atoms with E-state index in [1.165, 1.54) is 10.4 Å². The summed E-state index contributed by atoms with van der Waals surface area (Å²) in [5, 5.41) is 0. The summed E-state index contributed by atoms with van der Waals surface area (Å²) in [5.74, 6) is 0.328. The van der Waals surface area contributed by atoms with Crippen LogP contribution in [0, 0.1) is 11.3 Å². The second-order valence-corrected chi connectivity index (χ2v) is 10.4. The second kappa shape index (κ2) is 6.78. The smallest absolute Gasteiger partial charge is 0.387 e. The van der Waals surface area contributed by atoms with Gasteiger partial charge in [0.2, 0.25) is 10.0 Å². The van der Waals surface area contributed by atoms with Gasteiger partial charge in [0.1, 0.15) is 5.75 Å². The number of benzene rings is 1. The molecule has 1 saturated heterocycles. The van der Waals surface area contributed by atoms with Crippen LogP contribution in [0.15, 0.2) is 23.1 Å². The SMILES string of the molecule is CN([C@@H]1[C@H]2CCO[C@H]2C1(C)C)S(=O)(=O)C1=Cc2ccc(OC(F)F)cc2CC1. The molecule has 8 heteroatoms. The summed E-state index contributed by atoms with van der Waals surface area (Å²) < 4.78 is 63.2. The van der Waals surface area contributed by atoms with E-state index in [9.17, 15) is 17.2 Å². The van der Waals surface area contributed by atoms with Crippen molar-refractivity contribution >= 4 is 16.1 Å². The highest BCUT2D eigenvalue weighted by Gasteiger charge is 2.62. The predicted molar refractivity (Wildman–Crippen MR) is 101 cm³/mol. The van der Waals surface area contributed by atoms with Gasteiger partial charge >= 0.3 is 6.61 Å². The molecule has 0 unspecified atom stereocenters. The van der Waals surface area contributed by atoms with Crippen molar-refractivity contribution in [1.29, 1.82) is 0 Å². The molecule has 28 heavy (non-hydrogen) atoms. The summed E-state index contributed by atoms with van der Waals surface area (Å²) >= 11 is 0. The van der Waals surface area contributed by atoms with Crippen molar-refractivity contribution in [3.05, 3.63) is 34.2 Å². The maximum Gasteiger partial charge on any atom is 0.387 e. The lowest BCUT2D eigenvalue weighted by atomic mass is 9.57. The Kier molecular flexibility index (Phi) is 4.79. The predicted octanol–water partition coefficient (Wildman–Crippen LogP) is 3.65. The van der Waals surface area contributed by atoms with Gasteiger partial charge in [-0.2, -0.15) is 13.1 Å². The number of ether oxygens (including phenoxy) is 2. The number of rotatable bonds is 5. The van der Waals surface area contributed by atoms with Crippen molar-refractivity contribution in [3.63, 3.8) is 0 Å². The molecule has 0 radical (unpaired) electrons. The first kappa shape index (κ1) is 19.8. The van der Waals surface area contributed by atoms with E-state index in [1.807, 2.05) is 0 Å². The molecule has 1 saturated carbocycles. The van der Waals surface area contributed by atoms with Crippen molar-refractivity contribution in [2.45, 2.75) is 51.9 Å². The number of hydrogen-bond acceptors (Lipinski definition) is 4. The largest absolute Gasteiger partial charge is 0.435 e. The van der Waals surface area contributed by atoms with Crippen LogP contribution in [0.25, 0.3) is 6.08 Å². The summed E-state index contributed by atoms with van der Waals surface area (Å²) in [6.45, 7) is 1.93. The van der Waals surface area contributed by atoms with Gasteiger partial charge in [0.25, 0.3) is 0 Å². The number of fused-ring (bicyclic) bond motifs is 2. The molecule has 0 aromatic heterocycles. The highest BCUT2D eigenvalue weighted by molar-refractivity contribution is 7.93. The van der Waals surface area contributed by atoms with Gasteiger partial charge in [-0.25, -0.2) is 8.42 Å². The van der Waals surface area contributed by atoms with Crippen LogP contribution in [-0.4, -0.2) is 45.1 Å². The molecule has 1 aliphatic heterocycles. The zero-order chi connectivity index (χ0) is 20.3. The fourth-order valence-electron chi connectivity index (χ4n) is 5.19. The third kappa shape index (κ3) is 3.06. The number of halogens is 2. The lowest BCUT2D eigenvalue weighted by molar-refractivity contribution is -0.131. The molecule has 0 spiro atoms. The molecule has 3 aliphatic rings. The van der Waals surface area contributed by atoms with Gasteiger partial charge < -0.3 is 9.47 Å². The summed E-state index contributed by atoms with van der Waals surface area (Å²) in [6, 6.07) is 4.54. The maximum atomic E-state index is 13.3. The molecule has 1 aromatic carbocycles. The number of sulfonamides is 1. The Bertz CT molecular complexity index is 913. The lowest BCUT2D eigenvalue weighted by Gasteiger charge is -2.57. The van der Waals surface area contributed by atoms with Gasteiger partial charge in [0.15, 0.2) is 0 Å². The minimum absolute atomic E-state index is 0.0888. The van der Waals surface area contributed by atoms with Gasteiger partial charge in [0.05, 0.1) is 11.0 Å². The number of hydrogen-bond donors (Lipinski definition) is 0. The Labute approximate surface area is 164 Å². The number of alkyl halides is 2. The van der Waals surface area contributed by atoms with Crippen LogP contribution in [0.4, 0.5) is 8.78 Å². The molecule has 2 aliphatic carbocycles. The third-order valence-corrected chi connectivity index (χ3v) is 8.41. The Hall–Kier alpha value is -1.51. The van der Waals surface area contributed by atoms with E-state index in [0.29, 0.717) is 24.4 Å². The van der Waals surface area contributed by atoms with E-state index < -0.39 is 16.6 Å². The van der Waals surface area contributed by atoms with Gasteiger partial charge in [-0.3, -0.25) is 0 Å². The van der Waals surface area contributed by atoms with Gasteiger partial charge in [-0.05, 0) is 48.6 Å². The molecule has 4 rings (SSSR count). The minimum Gasteiger partial charge on any atom is -0.435 e. The fourth-order valence-corrected chi connectivity index (χ4v) is 6.93. The first-order chi connectivity index (χ1) is 13.1. The topological polar surface area (TPSA) is 55.8 Å². The van der Waals surface area contributed by atoms with Crippen molar-refractivity contribution < 1.29 is 26.7 Å². The molecule has 3 atom stereocenters. The van der Waals surface area contributed by atoms with Crippen molar-refractivity contribution in [1.82, 2.24) is 4.31 Å². The Morgan fingerprint density at radius 2 is 2.04 bits per heavy atom. The van der Waals surface area contributed by atoms with E-state index in [-0.39, 0.29) is 29.2 Å². The molecule has 2 fully saturated rings. The van der Waals surface area contributed by atoms with E-state index in [1.54, 1.807) is 25.3 Å². The van der Waals surface area contributed by atoms with Crippen LogP contribution < -0.4 is 4.74 Å². The minimum atomic E-state index is -3.62. The average Bonchev–Trinajstić information content (AvgIpc) is 3.07. The second-order valence-electron chi connectivity index (χ2n) is 8.38. The first-order valence-electron chi connectivity index (χ1n) is 9.50. The van der Waals surface area contributed by atoms with E-state index in [4.69, 9.17) is 4.74 Å². The molecular weight excluding hydrogens is 388 g/mol. The maximum absolute atomic E-state index is 13.3.